The maximum absolute atomic E-state index is 12.3. The van der Waals surface area contributed by atoms with E-state index >= 15 is 0 Å². The lowest BCUT2D eigenvalue weighted by atomic mass is 9.95. The van der Waals surface area contributed by atoms with Gasteiger partial charge in [-0.05, 0) is 49.4 Å². The average molecular weight is 499 g/mol. The van der Waals surface area contributed by atoms with E-state index in [2.05, 4.69) is 32.3 Å². The summed E-state index contributed by atoms with van der Waals surface area (Å²) in [5.74, 6) is 0.479. The minimum atomic E-state index is -0.0873. The maximum atomic E-state index is 12.3. The molecule has 0 aliphatic heterocycles. The third-order valence-corrected chi connectivity index (χ3v) is 7.12. The predicted molar refractivity (Wildman–Crippen MR) is 125 cm³/mol. The molecule has 4 rings (SSSR count). The number of nitrogens with zero attached hydrogens (tertiary/aromatic N) is 3. The van der Waals surface area contributed by atoms with Crippen LogP contribution in [-0.2, 0) is 17.6 Å². The smallest absolute Gasteiger partial charge is 0.226 e. The molecule has 0 spiro atoms. The van der Waals surface area contributed by atoms with Crippen LogP contribution in [0.5, 0.6) is 0 Å². The van der Waals surface area contributed by atoms with Gasteiger partial charge in [0.05, 0.1) is 11.3 Å². The Bertz CT molecular complexity index is 1110. The summed E-state index contributed by atoms with van der Waals surface area (Å²) in [5.41, 5.74) is 4.77. The Morgan fingerprint density at radius 3 is 2.83 bits per heavy atom. The van der Waals surface area contributed by atoms with Crippen LogP contribution < -0.4 is 5.32 Å². The van der Waals surface area contributed by atoms with Crippen LogP contribution in [0.3, 0.4) is 0 Å². The van der Waals surface area contributed by atoms with Crippen LogP contribution in [0.25, 0.3) is 11.3 Å². The van der Waals surface area contributed by atoms with E-state index in [-0.39, 0.29) is 5.91 Å². The Morgan fingerprint density at radius 1 is 1.23 bits per heavy atom. The fourth-order valence-corrected chi connectivity index (χ4v) is 5.23. The highest BCUT2D eigenvalue weighted by Crippen LogP contribution is 2.28. The van der Waals surface area contributed by atoms with Gasteiger partial charge in [-0.2, -0.15) is 5.26 Å². The summed E-state index contributed by atoms with van der Waals surface area (Å²) >= 11 is 6.31. The molecule has 0 atom stereocenters. The summed E-state index contributed by atoms with van der Waals surface area (Å²) in [5, 5.41) is 15.6. The van der Waals surface area contributed by atoms with Crippen LogP contribution in [0.1, 0.15) is 36.1 Å². The van der Waals surface area contributed by atoms with Crippen molar-refractivity contribution in [3.63, 3.8) is 0 Å². The molecule has 1 N–H and O–H groups in total. The molecule has 30 heavy (non-hydrogen) atoms. The first kappa shape index (κ1) is 21.0. The second-order valence-corrected chi connectivity index (χ2v) is 9.81. The number of nitrogens with one attached hydrogen (secondary N) is 1. The third kappa shape index (κ3) is 5.09. The number of nitriles is 1. The van der Waals surface area contributed by atoms with Gasteiger partial charge >= 0.3 is 0 Å². The molecule has 0 saturated carbocycles. The molecule has 1 aliphatic rings. The number of amides is 1. The number of benzene rings is 1. The van der Waals surface area contributed by atoms with Crippen molar-refractivity contribution in [2.75, 3.05) is 11.1 Å². The molecule has 1 aromatic carbocycles. The van der Waals surface area contributed by atoms with E-state index in [1.807, 2.05) is 35.7 Å². The van der Waals surface area contributed by atoms with Gasteiger partial charge in [-0.15, -0.1) is 23.1 Å². The fourth-order valence-electron chi connectivity index (χ4n) is 3.31. The number of hydrogen-bond donors (Lipinski definition) is 1. The van der Waals surface area contributed by atoms with Crippen LogP contribution in [0.4, 0.5) is 5.13 Å². The summed E-state index contributed by atoms with van der Waals surface area (Å²) in [7, 11) is 0. The molecule has 0 unspecified atom stereocenters. The highest BCUT2D eigenvalue weighted by Gasteiger charge is 2.16. The first-order valence-electron chi connectivity index (χ1n) is 9.69. The van der Waals surface area contributed by atoms with Crippen LogP contribution in [-0.4, -0.2) is 21.6 Å². The van der Waals surface area contributed by atoms with Crippen molar-refractivity contribution < 1.29 is 4.79 Å². The normalized spacial score (nSPS) is 12.8. The zero-order valence-electron chi connectivity index (χ0n) is 16.2. The minimum Gasteiger partial charge on any atom is -0.302 e. The van der Waals surface area contributed by atoms with Crippen LogP contribution in [0.2, 0.25) is 0 Å². The molecule has 0 fully saturated rings. The van der Waals surface area contributed by atoms with Crippen molar-refractivity contribution in [1.29, 1.82) is 5.26 Å². The summed E-state index contributed by atoms with van der Waals surface area (Å²) in [4.78, 5) is 21.5. The van der Waals surface area contributed by atoms with Gasteiger partial charge in [0.2, 0.25) is 5.91 Å². The molecule has 5 nitrogen and oxygen atoms in total. The second-order valence-electron chi connectivity index (χ2n) is 6.96. The largest absolute Gasteiger partial charge is 0.302 e. The van der Waals surface area contributed by atoms with Gasteiger partial charge in [0.1, 0.15) is 11.1 Å². The number of fused-ring (bicyclic) bond motifs is 1. The van der Waals surface area contributed by atoms with Gasteiger partial charge in [-0.3, -0.25) is 4.79 Å². The first-order valence-corrected chi connectivity index (χ1v) is 12.4. The van der Waals surface area contributed by atoms with Gasteiger partial charge in [-0.1, -0.05) is 28.1 Å². The Hall–Kier alpha value is -2.21. The van der Waals surface area contributed by atoms with Crippen molar-refractivity contribution in [2.24, 2.45) is 0 Å². The molecule has 152 valence electrons. The van der Waals surface area contributed by atoms with E-state index in [1.165, 1.54) is 28.7 Å². The Balaban J connectivity index is 1.33. The number of carbonyl (C=O) groups excluding carboxylic acids is 1. The summed E-state index contributed by atoms with van der Waals surface area (Å²) in [6.45, 7) is 0. The number of carbonyl (C=O) groups is 1. The van der Waals surface area contributed by atoms with Crippen LogP contribution >= 0.6 is 39.0 Å². The zero-order chi connectivity index (χ0) is 20.9. The van der Waals surface area contributed by atoms with E-state index < -0.39 is 0 Å². The molecule has 0 saturated heterocycles. The Labute approximate surface area is 192 Å². The molecular formula is C22H19BrN4OS2. The topological polar surface area (TPSA) is 78.7 Å². The molecule has 0 bridgehead atoms. The van der Waals surface area contributed by atoms with E-state index in [0.29, 0.717) is 22.9 Å². The second kappa shape index (κ2) is 9.73. The van der Waals surface area contributed by atoms with Gasteiger partial charge in [0, 0.05) is 33.3 Å². The summed E-state index contributed by atoms with van der Waals surface area (Å²) in [6.07, 6.45) is 4.61. The molecule has 0 radical (unpaired) electrons. The average Bonchev–Trinajstić information content (AvgIpc) is 3.22. The molecule has 3 aromatic rings. The highest BCUT2D eigenvalue weighted by molar-refractivity contribution is 9.10. The van der Waals surface area contributed by atoms with Crippen molar-refractivity contribution in [3.8, 4) is 17.3 Å². The number of aromatic nitrogens is 2. The third-order valence-electron chi connectivity index (χ3n) is 4.84. The molecule has 8 heteroatoms. The molecule has 2 aromatic heterocycles. The fraction of sp³-hybridized carbons (Fsp3) is 0.273. The highest BCUT2D eigenvalue weighted by atomic mass is 79.9. The van der Waals surface area contributed by atoms with Crippen molar-refractivity contribution in [1.82, 2.24) is 9.97 Å². The number of thiazole rings is 1. The number of anilines is 1. The number of rotatable bonds is 6. The van der Waals surface area contributed by atoms with Crippen LogP contribution in [0.15, 0.2) is 45.2 Å². The van der Waals surface area contributed by atoms with E-state index in [4.69, 9.17) is 4.98 Å². The van der Waals surface area contributed by atoms with E-state index in [1.54, 1.807) is 0 Å². The van der Waals surface area contributed by atoms with Crippen molar-refractivity contribution >= 4 is 50.1 Å². The summed E-state index contributed by atoms with van der Waals surface area (Å²) < 4.78 is 1.01. The minimum absolute atomic E-state index is 0.0873. The van der Waals surface area contributed by atoms with Crippen molar-refractivity contribution in [3.05, 3.63) is 57.0 Å². The Kier molecular flexibility index (Phi) is 6.82. The Morgan fingerprint density at radius 2 is 2.03 bits per heavy atom. The molecule has 1 amide bonds. The SMILES string of the molecule is N#Cc1cc2c(nc1SCCC(=O)Nc1nc(-c3ccc(Br)cc3)cs1)CCCC2. The number of hydrogen-bond acceptors (Lipinski definition) is 6. The monoisotopic (exact) mass is 498 g/mol. The van der Waals surface area contributed by atoms with Crippen molar-refractivity contribution in [2.45, 2.75) is 37.1 Å². The molecular weight excluding hydrogens is 480 g/mol. The number of halogens is 1. The van der Waals surface area contributed by atoms with Gasteiger partial charge < -0.3 is 5.32 Å². The van der Waals surface area contributed by atoms with Gasteiger partial charge in [-0.25, -0.2) is 9.97 Å². The van der Waals surface area contributed by atoms with E-state index in [9.17, 15) is 10.1 Å². The lowest BCUT2D eigenvalue weighted by molar-refractivity contribution is -0.115. The predicted octanol–water partition coefficient (Wildman–Crippen LogP) is 5.84. The quantitative estimate of drug-likeness (QED) is 0.431. The van der Waals surface area contributed by atoms with Crippen LogP contribution in [0, 0.1) is 11.3 Å². The van der Waals surface area contributed by atoms with Gasteiger partial charge in [0.15, 0.2) is 5.13 Å². The summed E-state index contributed by atoms with van der Waals surface area (Å²) in [6, 6.07) is 12.1. The zero-order valence-corrected chi connectivity index (χ0v) is 19.4. The number of pyridine rings is 1. The van der Waals surface area contributed by atoms with Gasteiger partial charge in [0.25, 0.3) is 0 Å². The number of aryl methyl sites for hydroxylation is 2. The molecule has 2 heterocycles. The standard InChI is InChI=1S/C22H19BrN4OS2/c23-17-7-5-14(6-8-17)19-13-30-22(26-19)27-20(28)9-10-29-21-16(12-24)11-15-3-1-2-4-18(15)25-21/h5-8,11,13H,1-4,9-10H2,(H,26,27,28). The lowest BCUT2D eigenvalue weighted by Crippen LogP contribution is -2.12. The molecule has 1 aliphatic carbocycles. The lowest BCUT2D eigenvalue weighted by Gasteiger charge is -2.16. The number of thioether (sulfide) groups is 1. The maximum Gasteiger partial charge on any atom is 0.226 e. The first-order chi connectivity index (χ1) is 14.6. The van der Waals surface area contributed by atoms with E-state index in [0.717, 1.165) is 52.1 Å².